The Morgan fingerprint density at radius 1 is 1.21 bits per heavy atom. The molecule has 1 aliphatic heterocycles. The summed E-state index contributed by atoms with van der Waals surface area (Å²) in [5.41, 5.74) is 2.28. The van der Waals surface area contributed by atoms with Gasteiger partial charge in [-0.1, -0.05) is 30.7 Å². The number of hydrogen-bond acceptors (Lipinski definition) is 7. The zero-order valence-corrected chi connectivity index (χ0v) is 20.3. The number of unbranched alkanes of at least 4 members (excludes halogenated alkanes) is 1. The summed E-state index contributed by atoms with van der Waals surface area (Å²) in [6.45, 7) is 3.34. The monoisotopic (exact) mass is 489 g/mol. The van der Waals surface area contributed by atoms with Crippen molar-refractivity contribution in [3.8, 4) is 5.75 Å². The van der Waals surface area contributed by atoms with Gasteiger partial charge in [0.05, 0.1) is 30.5 Å². The third-order valence-corrected chi connectivity index (χ3v) is 8.36. The van der Waals surface area contributed by atoms with Gasteiger partial charge in [-0.25, -0.2) is 13.4 Å². The molecule has 0 spiro atoms. The zero-order chi connectivity index (χ0) is 23.4. The topological polar surface area (TPSA) is 97.8 Å². The zero-order valence-electron chi connectivity index (χ0n) is 18.7. The van der Waals surface area contributed by atoms with E-state index in [1.165, 1.54) is 40.4 Å². The van der Waals surface area contributed by atoms with E-state index in [0.717, 1.165) is 29.5 Å². The minimum Gasteiger partial charge on any atom is -0.495 e. The van der Waals surface area contributed by atoms with Gasteiger partial charge in [0.1, 0.15) is 10.6 Å². The van der Waals surface area contributed by atoms with Gasteiger partial charge in [0, 0.05) is 18.7 Å². The maximum Gasteiger partial charge on any atom is 0.257 e. The molecule has 1 saturated heterocycles. The van der Waals surface area contributed by atoms with Crippen LogP contribution in [0, 0.1) is 0 Å². The molecule has 0 bridgehead atoms. The minimum atomic E-state index is -3.83. The van der Waals surface area contributed by atoms with Crippen LogP contribution < -0.4 is 10.1 Å². The van der Waals surface area contributed by atoms with E-state index in [-0.39, 0.29) is 29.3 Å². The Morgan fingerprint density at radius 3 is 2.73 bits per heavy atom. The van der Waals surface area contributed by atoms with E-state index < -0.39 is 15.9 Å². The summed E-state index contributed by atoms with van der Waals surface area (Å²) in [6, 6.07) is 10.5. The van der Waals surface area contributed by atoms with Crippen LogP contribution in [0.5, 0.6) is 5.75 Å². The molecule has 1 aliphatic rings. The molecule has 4 rings (SSSR count). The van der Waals surface area contributed by atoms with Crippen molar-refractivity contribution in [3.05, 3.63) is 47.5 Å². The van der Waals surface area contributed by atoms with E-state index in [0.29, 0.717) is 18.3 Å². The fraction of sp³-hybridized carbons (Fsp3) is 0.391. The number of fused-ring (bicyclic) bond motifs is 1. The molecular weight excluding hydrogens is 462 g/mol. The largest absolute Gasteiger partial charge is 0.495 e. The molecule has 1 fully saturated rings. The second kappa shape index (κ2) is 10.2. The number of anilines is 1. The van der Waals surface area contributed by atoms with Crippen molar-refractivity contribution in [2.75, 3.05) is 38.7 Å². The van der Waals surface area contributed by atoms with Crippen molar-refractivity contribution in [2.24, 2.45) is 0 Å². The first-order valence-electron chi connectivity index (χ1n) is 10.9. The predicted molar refractivity (Wildman–Crippen MR) is 129 cm³/mol. The summed E-state index contributed by atoms with van der Waals surface area (Å²) in [5, 5.41) is 3.27. The van der Waals surface area contributed by atoms with Crippen LogP contribution in [0.25, 0.3) is 10.2 Å². The molecule has 0 radical (unpaired) electrons. The lowest BCUT2D eigenvalue weighted by Gasteiger charge is -2.26. The Morgan fingerprint density at radius 2 is 2.00 bits per heavy atom. The number of benzene rings is 2. The van der Waals surface area contributed by atoms with E-state index >= 15 is 0 Å². The first kappa shape index (κ1) is 23.6. The van der Waals surface area contributed by atoms with Crippen LogP contribution in [0.15, 0.2) is 41.3 Å². The number of nitrogens with zero attached hydrogens (tertiary/aromatic N) is 2. The molecule has 0 aliphatic carbocycles. The van der Waals surface area contributed by atoms with Crippen molar-refractivity contribution in [1.29, 1.82) is 0 Å². The van der Waals surface area contributed by atoms with Crippen LogP contribution in [0.4, 0.5) is 5.13 Å². The van der Waals surface area contributed by atoms with Crippen molar-refractivity contribution in [1.82, 2.24) is 9.29 Å². The number of amides is 1. The van der Waals surface area contributed by atoms with Gasteiger partial charge < -0.3 is 9.47 Å². The molecule has 3 aromatic rings. The number of morpholine rings is 1. The quantitative estimate of drug-likeness (QED) is 0.515. The van der Waals surface area contributed by atoms with E-state index in [1.807, 2.05) is 6.07 Å². The molecule has 176 valence electrons. The number of aryl methyl sites for hydroxylation is 1. The molecule has 2 heterocycles. The Hall–Kier alpha value is -2.53. The summed E-state index contributed by atoms with van der Waals surface area (Å²) in [6.07, 6.45) is 3.27. The summed E-state index contributed by atoms with van der Waals surface area (Å²) < 4.78 is 39.2. The van der Waals surface area contributed by atoms with Crippen molar-refractivity contribution >= 4 is 42.6 Å². The standard InChI is InChI=1S/C23H27N3O5S2/c1-3-4-5-16-6-8-18-20(14-16)32-23(24-18)25-22(27)17-7-9-19(30-2)21(15-17)33(28,29)26-10-12-31-13-11-26/h6-9,14-15H,3-5,10-13H2,1-2H3,(H,24,25,27). The molecule has 1 N–H and O–H groups in total. The van der Waals surface area contributed by atoms with E-state index in [2.05, 4.69) is 29.4 Å². The molecule has 2 aromatic carbocycles. The minimum absolute atomic E-state index is 0.0376. The van der Waals surface area contributed by atoms with Crippen LogP contribution >= 0.6 is 11.3 Å². The normalized spacial score (nSPS) is 15.0. The van der Waals surface area contributed by atoms with Gasteiger partial charge in [-0.2, -0.15) is 4.31 Å². The number of carbonyl (C=O) groups is 1. The van der Waals surface area contributed by atoms with E-state index in [9.17, 15) is 13.2 Å². The molecular formula is C23H27N3O5S2. The van der Waals surface area contributed by atoms with E-state index in [1.54, 1.807) is 6.07 Å². The highest BCUT2D eigenvalue weighted by atomic mass is 32.2. The van der Waals surface area contributed by atoms with Crippen molar-refractivity contribution < 1.29 is 22.7 Å². The van der Waals surface area contributed by atoms with Crippen molar-refractivity contribution in [2.45, 2.75) is 31.1 Å². The highest BCUT2D eigenvalue weighted by molar-refractivity contribution is 7.89. The molecule has 10 heteroatoms. The Bertz CT molecular complexity index is 1250. The third kappa shape index (κ3) is 5.19. The first-order chi connectivity index (χ1) is 15.9. The molecule has 8 nitrogen and oxygen atoms in total. The molecule has 1 amide bonds. The number of aromatic nitrogens is 1. The Kier molecular flexibility index (Phi) is 7.28. The van der Waals surface area contributed by atoms with Crippen LogP contribution in [-0.2, 0) is 21.2 Å². The second-order valence-electron chi connectivity index (χ2n) is 7.76. The van der Waals surface area contributed by atoms with Crippen LogP contribution in [0.1, 0.15) is 35.7 Å². The molecule has 1 aromatic heterocycles. The number of ether oxygens (including phenoxy) is 2. The molecule has 0 unspecified atom stereocenters. The lowest BCUT2D eigenvalue weighted by molar-refractivity contribution is 0.0729. The fourth-order valence-corrected chi connectivity index (χ4v) is 6.19. The molecule has 0 atom stereocenters. The first-order valence-corrected chi connectivity index (χ1v) is 13.1. The van der Waals surface area contributed by atoms with Gasteiger partial charge in [-0.05, 0) is 48.7 Å². The highest BCUT2D eigenvalue weighted by Crippen LogP contribution is 2.30. The maximum absolute atomic E-state index is 13.2. The Balaban J connectivity index is 1.57. The lowest BCUT2D eigenvalue weighted by atomic mass is 10.1. The number of sulfonamides is 1. The fourth-order valence-electron chi connectivity index (χ4n) is 3.67. The van der Waals surface area contributed by atoms with Gasteiger partial charge in [0.2, 0.25) is 10.0 Å². The number of nitrogens with one attached hydrogen (secondary N) is 1. The average Bonchev–Trinajstić information content (AvgIpc) is 3.24. The van der Waals surface area contributed by atoms with Gasteiger partial charge in [-0.15, -0.1) is 0 Å². The smallest absolute Gasteiger partial charge is 0.257 e. The lowest BCUT2D eigenvalue weighted by Crippen LogP contribution is -2.40. The number of hydrogen-bond donors (Lipinski definition) is 1. The average molecular weight is 490 g/mol. The summed E-state index contributed by atoms with van der Waals surface area (Å²) >= 11 is 1.40. The molecule has 33 heavy (non-hydrogen) atoms. The maximum atomic E-state index is 13.2. The summed E-state index contributed by atoms with van der Waals surface area (Å²) in [5.74, 6) is -0.237. The van der Waals surface area contributed by atoms with Gasteiger partial charge in [0.25, 0.3) is 5.91 Å². The van der Waals surface area contributed by atoms with Crippen LogP contribution in [0.2, 0.25) is 0 Å². The number of thiazole rings is 1. The van der Waals surface area contributed by atoms with Gasteiger partial charge >= 0.3 is 0 Å². The number of rotatable bonds is 8. The SMILES string of the molecule is CCCCc1ccc2nc(NC(=O)c3ccc(OC)c(S(=O)(=O)N4CCOCC4)c3)sc2c1. The third-order valence-electron chi connectivity index (χ3n) is 5.51. The van der Waals surface area contributed by atoms with E-state index in [4.69, 9.17) is 9.47 Å². The predicted octanol–water partition coefficient (Wildman–Crippen LogP) is 3.92. The van der Waals surface area contributed by atoms with Gasteiger partial charge in [0.15, 0.2) is 5.13 Å². The Labute approximate surface area is 197 Å². The molecule has 0 saturated carbocycles. The van der Waals surface area contributed by atoms with Gasteiger partial charge in [-0.3, -0.25) is 10.1 Å². The summed E-state index contributed by atoms with van der Waals surface area (Å²) in [7, 11) is -2.43. The number of methoxy groups -OCH3 is 1. The number of carbonyl (C=O) groups excluding carboxylic acids is 1. The second-order valence-corrected chi connectivity index (χ2v) is 10.7. The summed E-state index contributed by atoms with van der Waals surface area (Å²) in [4.78, 5) is 17.4. The van der Waals surface area contributed by atoms with Crippen molar-refractivity contribution in [3.63, 3.8) is 0 Å². The van der Waals surface area contributed by atoms with Crippen LogP contribution in [-0.4, -0.2) is 57.0 Å². The van der Waals surface area contributed by atoms with Crippen LogP contribution in [0.3, 0.4) is 0 Å². The highest BCUT2D eigenvalue weighted by Gasteiger charge is 2.30.